The zero-order valence-electron chi connectivity index (χ0n) is 17.5. The minimum atomic E-state index is -0.258. The molecule has 0 spiro atoms. The quantitative estimate of drug-likeness (QED) is 0.624. The van der Waals surface area contributed by atoms with Crippen LogP contribution in [0.15, 0.2) is 40.9 Å². The van der Waals surface area contributed by atoms with Crippen molar-refractivity contribution in [1.82, 2.24) is 15.0 Å². The van der Waals surface area contributed by atoms with Crippen molar-refractivity contribution in [2.75, 3.05) is 6.54 Å². The first-order valence-electron chi connectivity index (χ1n) is 9.54. The van der Waals surface area contributed by atoms with Crippen LogP contribution in [-0.4, -0.2) is 22.2 Å². The molecule has 2 aromatic heterocycles. The number of nitrogens with one attached hydrogen (secondary N) is 1. The third-order valence-corrected chi connectivity index (χ3v) is 5.03. The van der Waals surface area contributed by atoms with Gasteiger partial charge in [0, 0.05) is 30.0 Å². The summed E-state index contributed by atoms with van der Waals surface area (Å²) < 4.78 is 7.07. The average Bonchev–Trinajstić information content (AvgIpc) is 3.21. The maximum absolute atomic E-state index is 12.7. The standard InChI is InChI=1S/C22H28N4O2.ClH/c1-13(2)17-6-8-18(9-7-17)20(23)12-24-22(27)19-10-14(3)26(16(19)5)21-11-15(4)28-25-21;/h6-11,13,20H,12,23H2,1-5H3,(H,24,27);1H. The van der Waals surface area contributed by atoms with E-state index in [1.54, 1.807) is 0 Å². The summed E-state index contributed by atoms with van der Waals surface area (Å²) in [6.45, 7) is 10.4. The summed E-state index contributed by atoms with van der Waals surface area (Å²) in [6.07, 6.45) is 0. The number of hydrogen-bond donors (Lipinski definition) is 2. The SMILES string of the molecule is Cc1cc(-n2c(C)cc(C(=O)NCC(N)c3ccc(C(C)C)cc3)c2C)no1.Cl. The molecule has 0 aliphatic heterocycles. The molecule has 0 aliphatic rings. The van der Waals surface area contributed by atoms with Gasteiger partial charge in [0.2, 0.25) is 0 Å². The molecule has 3 N–H and O–H groups in total. The summed E-state index contributed by atoms with van der Waals surface area (Å²) >= 11 is 0. The highest BCUT2D eigenvalue weighted by molar-refractivity contribution is 5.95. The number of nitrogens with zero attached hydrogens (tertiary/aromatic N) is 2. The van der Waals surface area contributed by atoms with E-state index in [-0.39, 0.29) is 24.4 Å². The van der Waals surface area contributed by atoms with Gasteiger partial charge in [0.05, 0.1) is 5.56 Å². The van der Waals surface area contributed by atoms with E-state index in [1.807, 2.05) is 49.6 Å². The third-order valence-electron chi connectivity index (χ3n) is 5.03. The molecule has 3 rings (SSSR count). The second kappa shape index (κ2) is 9.29. The Morgan fingerprint density at radius 2 is 1.76 bits per heavy atom. The van der Waals surface area contributed by atoms with Crippen LogP contribution in [0.1, 0.15) is 64.4 Å². The van der Waals surface area contributed by atoms with Crippen molar-refractivity contribution < 1.29 is 9.32 Å². The Morgan fingerprint density at radius 3 is 2.31 bits per heavy atom. The number of nitrogens with two attached hydrogens (primary N) is 1. The molecular weight excluding hydrogens is 388 g/mol. The van der Waals surface area contributed by atoms with Crippen LogP contribution < -0.4 is 11.1 Å². The first-order valence-corrected chi connectivity index (χ1v) is 9.54. The third kappa shape index (κ3) is 4.89. The highest BCUT2D eigenvalue weighted by Gasteiger charge is 2.19. The molecule has 0 saturated carbocycles. The van der Waals surface area contributed by atoms with Gasteiger partial charge in [-0.2, -0.15) is 0 Å². The van der Waals surface area contributed by atoms with Gasteiger partial charge in [-0.15, -0.1) is 12.4 Å². The summed E-state index contributed by atoms with van der Waals surface area (Å²) in [4.78, 5) is 12.7. The molecule has 0 bridgehead atoms. The molecule has 0 radical (unpaired) electrons. The van der Waals surface area contributed by atoms with Gasteiger partial charge in [0.15, 0.2) is 5.82 Å². The monoisotopic (exact) mass is 416 g/mol. The molecule has 0 saturated heterocycles. The Kier molecular flexibility index (Phi) is 7.27. The van der Waals surface area contributed by atoms with Gasteiger partial charge in [0.1, 0.15) is 5.76 Å². The van der Waals surface area contributed by atoms with Gasteiger partial charge < -0.3 is 15.6 Å². The highest BCUT2D eigenvalue weighted by Crippen LogP contribution is 2.21. The minimum absolute atomic E-state index is 0. The number of hydrogen-bond acceptors (Lipinski definition) is 4. The molecule has 6 nitrogen and oxygen atoms in total. The molecular formula is C22H29ClN4O2. The van der Waals surface area contributed by atoms with Gasteiger partial charge in [-0.1, -0.05) is 43.3 Å². The molecule has 156 valence electrons. The Balaban J connectivity index is 0.00000300. The minimum Gasteiger partial charge on any atom is -0.360 e. The van der Waals surface area contributed by atoms with E-state index in [9.17, 15) is 4.79 Å². The normalized spacial score (nSPS) is 12.0. The van der Waals surface area contributed by atoms with Gasteiger partial charge in [0.25, 0.3) is 5.91 Å². The van der Waals surface area contributed by atoms with Crippen LogP contribution in [0, 0.1) is 20.8 Å². The lowest BCUT2D eigenvalue weighted by atomic mass is 9.99. The summed E-state index contributed by atoms with van der Waals surface area (Å²) in [5.74, 6) is 1.74. The van der Waals surface area contributed by atoms with Crippen LogP contribution in [0.2, 0.25) is 0 Å². The summed E-state index contributed by atoms with van der Waals surface area (Å²) in [5.41, 5.74) is 10.9. The Labute approximate surface area is 177 Å². The number of halogens is 1. The molecule has 1 aromatic carbocycles. The Morgan fingerprint density at radius 1 is 1.14 bits per heavy atom. The number of aryl methyl sites for hydroxylation is 2. The van der Waals surface area contributed by atoms with Crippen molar-refractivity contribution in [3.05, 3.63) is 70.2 Å². The lowest BCUT2D eigenvalue weighted by Gasteiger charge is -2.15. The van der Waals surface area contributed by atoms with E-state index in [2.05, 4.69) is 36.5 Å². The van der Waals surface area contributed by atoms with Crippen LogP contribution >= 0.6 is 12.4 Å². The summed E-state index contributed by atoms with van der Waals surface area (Å²) in [7, 11) is 0. The lowest BCUT2D eigenvalue weighted by molar-refractivity contribution is 0.0950. The number of aromatic nitrogens is 2. The van der Waals surface area contributed by atoms with E-state index in [0.29, 0.717) is 23.8 Å². The molecule has 3 aromatic rings. The molecule has 29 heavy (non-hydrogen) atoms. The van der Waals surface area contributed by atoms with E-state index >= 15 is 0 Å². The van der Waals surface area contributed by atoms with Crippen molar-refractivity contribution in [2.24, 2.45) is 5.73 Å². The molecule has 0 fully saturated rings. The zero-order valence-corrected chi connectivity index (χ0v) is 18.3. The number of carbonyl (C=O) groups excluding carboxylic acids is 1. The number of amides is 1. The Hall–Kier alpha value is -2.57. The van der Waals surface area contributed by atoms with E-state index < -0.39 is 0 Å². The summed E-state index contributed by atoms with van der Waals surface area (Å²) in [5, 5.41) is 7.00. The van der Waals surface area contributed by atoms with E-state index in [0.717, 1.165) is 22.7 Å². The fourth-order valence-corrected chi connectivity index (χ4v) is 3.35. The number of benzene rings is 1. The lowest BCUT2D eigenvalue weighted by Crippen LogP contribution is -2.32. The predicted molar refractivity (Wildman–Crippen MR) is 117 cm³/mol. The maximum Gasteiger partial charge on any atom is 0.253 e. The second-order valence-corrected chi connectivity index (χ2v) is 7.55. The van der Waals surface area contributed by atoms with E-state index in [4.69, 9.17) is 10.3 Å². The van der Waals surface area contributed by atoms with Crippen LogP contribution in [0.25, 0.3) is 5.82 Å². The van der Waals surface area contributed by atoms with Crippen LogP contribution in [0.4, 0.5) is 0 Å². The predicted octanol–water partition coefficient (Wildman–Crippen LogP) is 4.37. The van der Waals surface area contributed by atoms with Crippen LogP contribution in [0.3, 0.4) is 0 Å². The zero-order chi connectivity index (χ0) is 20.4. The van der Waals surface area contributed by atoms with Crippen molar-refractivity contribution in [3.63, 3.8) is 0 Å². The Bertz CT molecular complexity index is 973. The molecule has 1 amide bonds. The maximum atomic E-state index is 12.7. The summed E-state index contributed by atoms with van der Waals surface area (Å²) in [6, 6.07) is 11.7. The first kappa shape index (κ1) is 22.7. The van der Waals surface area contributed by atoms with Crippen molar-refractivity contribution in [1.29, 1.82) is 0 Å². The van der Waals surface area contributed by atoms with Crippen LogP contribution in [-0.2, 0) is 0 Å². The fourth-order valence-electron chi connectivity index (χ4n) is 3.35. The number of carbonyl (C=O) groups is 1. The molecule has 1 unspecified atom stereocenters. The van der Waals surface area contributed by atoms with Gasteiger partial charge in [-0.25, -0.2) is 0 Å². The smallest absolute Gasteiger partial charge is 0.253 e. The molecule has 0 aliphatic carbocycles. The fraction of sp³-hybridized carbons (Fsp3) is 0.364. The van der Waals surface area contributed by atoms with Crippen molar-refractivity contribution >= 4 is 18.3 Å². The highest BCUT2D eigenvalue weighted by atomic mass is 35.5. The number of rotatable bonds is 6. The molecule has 1 atom stereocenters. The van der Waals surface area contributed by atoms with Gasteiger partial charge >= 0.3 is 0 Å². The first-order chi connectivity index (χ1) is 13.3. The topological polar surface area (TPSA) is 86.1 Å². The van der Waals surface area contributed by atoms with Gasteiger partial charge in [-0.3, -0.25) is 9.36 Å². The molecule has 2 heterocycles. The van der Waals surface area contributed by atoms with E-state index in [1.165, 1.54) is 5.56 Å². The van der Waals surface area contributed by atoms with Crippen LogP contribution in [0.5, 0.6) is 0 Å². The largest absolute Gasteiger partial charge is 0.360 e. The second-order valence-electron chi connectivity index (χ2n) is 7.55. The van der Waals surface area contributed by atoms with Crippen molar-refractivity contribution in [3.8, 4) is 5.82 Å². The average molecular weight is 417 g/mol. The molecule has 7 heteroatoms. The van der Waals surface area contributed by atoms with Crippen molar-refractivity contribution in [2.45, 2.75) is 46.6 Å². The van der Waals surface area contributed by atoms with Gasteiger partial charge in [-0.05, 0) is 43.9 Å².